The molecule has 1 aliphatic heterocycles. The molecule has 29 heavy (non-hydrogen) atoms. The number of nitrogens with zero attached hydrogens (tertiary/aromatic N) is 4. The molecule has 1 aromatic heterocycles. The number of rotatable bonds is 9. The molecule has 3 rings (SSSR count). The molecule has 2 heterocycles. The number of esters is 1. The van der Waals surface area contributed by atoms with Crippen LogP contribution in [0.4, 0.5) is 0 Å². The summed E-state index contributed by atoms with van der Waals surface area (Å²) in [4.78, 5) is 12.2. The van der Waals surface area contributed by atoms with E-state index in [1.54, 1.807) is 4.68 Å². The quantitative estimate of drug-likeness (QED) is 0.578. The van der Waals surface area contributed by atoms with Crippen LogP contribution in [-0.2, 0) is 32.6 Å². The van der Waals surface area contributed by atoms with Crippen molar-refractivity contribution in [1.29, 1.82) is 0 Å². The van der Waals surface area contributed by atoms with Gasteiger partial charge in [-0.25, -0.2) is 22.6 Å². The summed E-state index contributed by atoms with van der Waals surface area (Å²) in [6, 6.07) is 3.94. The molecule has 2 aromatic rings. The van der Waals surface area contributed by atoms with Crippen molar-refractivity contribution in [2.45, 2.75) is 50.3 Å². The van der Waals surface area contributed by atoms with Gasteiger partial charge >= 0.3 is 5.97 Å². The Morgan fingerprint density at radius 1 is 1.45 bits per heavy atom. The molecule has 1 saturated heterocycles. The van der Waals surface area contributed by atoms with Gasteiger partial charge in [-0.05, 0) is 47.9 Å². The Hall–Kier alpha value is -2.08. The van der Waals surface area contributed by atoms with Gasteiger partial charge in [-0.15, -0.1) is 5.10 Å². The van der Waals surface area contributed by atoms with E-state index < -0.39 is 16.0 Å². The van der Waals surface area contributed by atoms with E-state index in [2.05, 4.69) is 20.2 Å². The first kappa shape index (κ1) is 21.6. The first-order valence-electron chi connectivity index (χ1n) is 9.23. The summed E-state index contributed by atoms with van der Waals surface area (Å²) in [5.74, 6) is -0.302. The number of ether oxygens (including phenoxy) is 2. The lowest BCUT2D eigenvalue weighted by Gasteiger charge is -2.13. The van der Waals surface area contributed by atoms with Gasteiger partial charge in [0, 0.05) is 19.7 Å². The standard InChI is InChI=1S/C17H22ClN5O5S/c1-2-7-23-16(20-21-22-23)11-28-17(24)12-5-6-14(18)15(9-12)29(25,26)19-10-13-4-3-8-27-13/h5-6,9,13,19H,2-4,7-8,10-11H2,1H3. The van der Waals surface area contributed by atoms with Gasteiger partial charge in [-0.3, -0.25) is 0 Å². The van der Waals surface area contributed by atoms with Crippen LogP contribution in [0.2, 0.25) is 5.02 Å². The lowest BCUT2D eigenvalue weighted by Crippen LogP contribution is -2.32. The zero-order chi connectivity index (χ0) is 20.9. The van der Waals surface area contributed by atoms with Gasteiger partial charge in [0.2, 0.25) is 10.0 Å². The van der Waals surface area contributed by atoms with Crippen molar-refractivity contribution in [3.05, 3.63) is 34.6 Å². The van der Waals surface area contributed by atoms with Crippen LogP contribution < -0.4 is 4.72 Å². The highest BCUT2D eigenvalue weighted by Gasteiger charge is 2.24. The molecular formula is C17H22ClN5O5S. The molecule has 0 amide bonds. The number of aryl methyl sites for hydroxylation is 1. The number of carbonyl (C=O) groups excluding carboxylic acids is 1. The van der Waals surface area contributed by atoms with Crippen LogP contribution >= 0.6 is 11.6 Å². The molecule has 158 valence electrons. The Labute approximate surface area is 173 Å². The molecule has 1 aliphatic rings. The second-order valence-corrected chi connectivity index (χ2v) is 8.67. The van der Waals surface area contributed by atoms with Crippen molar-refractivity contribution in [3.63, 3.8) is 0 Å². The second kappa shape index (κ2) is 9.61. The number of tetrazole rings is 1. The van der Waals surface area contributed by atoms with Crippen molar-refractivity contribution in [3.8, 4) is 0 Å². The topological polar surface area (TPSA) is 125 Å². The van der Waals surface area contributed by atoms with Crippen molar-refractivity contribution < 1.29 is 22.7 Å². The number of halogens is 1. The zero-order valence-corrected chi connectivity index (χ0v) is 17.4. The van der Waals surface area contributed by atoms with E-state index in [1.165, 1.54) is 18.2 Å². The largest absolute Gasteiger partial charge is 0.454 e. The van der Waals surface area contributed by atoms with Crippen molar-refractivity contribution in [1.82, 2.24) is 24.9 Å². The van der Waals surface area contributed by atoms with Gasteiger partial charge < -0.3 is 9.47 Å². The highest BCUT2D eigenvalue weighted by molar-refractivity contribution is 7.89. The Balaban J connectivity index is 1.68. The Kier molecular flexibility index (Phi) is 7.17. The van der Waals surface area contributed by atoms with Crippen LogP contribution in [0, 0.1) is 0 Å². The molecule has 1 aromatic carbocycles. The van der Waals surface area contributed by atoms with Crippen LogP contribution in [0.3, 0.4) is 0 Å². The van der Waals surface area contributed by atoms with Crippen molar-refractivity contribution >= 4 is 27.6 Å². The minimum absolute atomic E-state index is 0.00767. The number of benzene rings is 1. The van der Waals surface area contributed by atoms with Gasteiger partial charge in [-0.1, -0.05) is 18.5 Å². The predicted octanol–water partition coefficient (Wildman–Crippen LogP) is 1.55. The van der Waals surface area contributed by atoms with Gasteiger partial charge in [0.05, 0.1) is 16.7 Å². The third-order valence-electron chi connectivity index (χ3n) is 4.36. The molecular weight excluding hydrogens is 422 g/mol. The fourth-order valence-corrected chi connectivity index (χ4v) is 4.44. The smallest absolute Gasteiger partial charge is 0.338 e. The summed E-state index contributed by atoms with van der Waals surface area (Å²) in [5, 5.41) is 11.2. The second-order valence-electron chi connectivity index (χ2n) is 6.53. The molecule has 1 unspecified atom stereocenters. The lowest BCUT2D eigenvalue weighted by atomic mass is 10.2. The number of sulfonamides is 1. The summed E-state index contributed by atoms with van der Waals surface area (Å²) >= 11 is 6.06. The molecule has 0 saturated carbocycles. The Morgan fingerprint density at radius 2 is 2.28 bits per heavy atom. The summed E-state index contributed by atoms with van der Waals surface area (Å²) in [5.41, 5.74) is 0.0569. The van der Waals surface area contributed by atoms with Crippen LogP contribution in [0.15, 0.2) is 23.1 Å². The van der Waals surface area contributed by atoms with Gasteiger partial charge in [0.1, 0.15) is 4.90 Å². The maximum absolute atomic E-state index is 12.6. The monoisotopic (exact) mass is 443 g/mol. The lowest BCUT2D eigenvalue weighted by molar-refractivity contribution is 0.0456. The van der Waals surface area contributed by atoms with Crippen LogP contribution in [0.5, 0.6) is 0 Å². The van der Waals surface area contributed by atoms with Gasteiger partial charge in [-0.2, -0.15) is 0 Å². The third-order valence-corrected chi connectivity index (χ3v) is 6.26. The van der Waals surface area contributed by atoms with E-state index in [0.717, 1.165) is 19.3 Å². The van der Waals surface area contributed by atoms with E-state index in [-0.39, 0.29) is 34.7 Å². The molecule has 10 nitrogen and oxygen atoms in total. The summed E-state index contributed by atoms with van der Waals surface area (Å²) < 4.78 is 39.9. The zero-order valence-electron chi connectivity index (χ0n) is 15.9. The number of nitrogens with one attached hydrogen (secondary N) is 1. The maximum atomic E-state index is 12.6. The van der Waals surface area contributed by atoms with E-state index in [0.29, 0.717) is 19.0 Å². The summed E-state index contributed by atoms with van der Waals surface area (Å²) in [6.07, 6.45) is 2.35. The first-order valence-corrected chi connectivity index (χ1v) is 11.1. The highest BCUT2D eigenvalue weighted by Crippen LogP contribution is 2.23. The van der Waals surface area contributed by atoms with Gasteiger partial charge in [0.25, 0.3) is 0 Å². The number of carbonyl (C=O) groups is 1. The van der Waals surface area contributed by atoms with Crippen LogP contribution in [0.25, 0.3) is 0 Å². The number of aromatic nitrogens is 4. The summed E-state index contributed by atoms with van der Waals surface area (Å²) in [6.45, 7) is 3.21. The van der Waals surface area contributed by atoms with E-state index >= 15 is 0 Å². The van der Waals surface area contributed by atoms with Crippen molar-refractivity contribution in [2.24, 2.45) is 0 Å². The molecule has 12 heteroatoms. The average Bonchev–Trinajstić information content (AvgIpc) is 3.37. The fraction of sp³-hybridized carbons (Fsp3) is 0.529. The number of hydrogen-bond donors (Lipinski definition) is 1. The number of hydrogen-bond acceptors (Lipinski definition) is 8. The van der Waals surface area contributed by atoms with Gasteiger partial charge in [0.15, 0.2) is 12.4 Å². The molecule has 0 spiro atoms. The average molecular weight is 444 g/mol. The Bertz CT molecular complexity index is 959. The molecule has 1 fully saturated rings. The van der Waals surface area contributed by atoms with E-state index in [4.69, 9.17) is 21.1 Å². The minimum Gasteiger partial charge on any atom is -0.454 e. The van der Waals surface area contributed by atoms with Crippen LogP contribution in [-0.4, -0.2) is 53.8 Å². The first-order chi connectivity index (χ1) is 13.9. The molecule has 0 radical (unpaired) electrons. The minimum atomic E-state index is -3.91. The molecule has 1 N–H and O–H groups in total. The predicted molar refractivity (Wildman–Crippen MR) is 103 cm³/mol. The molecule has 0 bridgehead atoms. The normalized spacial score (nSPS) is 16.8. The molecule has 1 atom stereocenters. The molecule has 0 aliphatic carbocycles. The van der Waals surface area contributed by atoms with E-state index in [1.807, 2.05) is 6.92 Å². The maximum Gasteiger partial charge on any atom is 0.338 e. The summed E-state index contributed by atoms with van der Waals surface area (Å²) in [7, 11) is -3.91. The Morgan fingerprint density at radius 3 is 3.00 bits per heavy atom. The van der Waals surface area contributed by atoms with Crippen LogP contribution in [0.1, 0.15) is 42.4 Å². The highest BCUT2D eigenvalue weighted by atomic mass is 35.5. The fourth-order valence-electron chi connectivity index (χ4n) is 2.85. The van der Waals surface area contributed by atoms with E-state index in [9.17, 15) is 13.2 Å². The SMILES string of the molecule is CCCn1nnnc1COC(=O)c1ccc(Cl)c(S(=O)(=O)NCC2CCCO2)c1. The van der Waals surface area contributed by atoms with Crippen molar-refractivity contribution in [2.75, 3.05) is 13.2 Å². The third kappa shape index (κ3) is 5.50.